The summed E-state index contributed by atoms with van der Waals surface area (Å²) < 4.78 is 11.1. The molecule has 0 heterocycles. The lowest BCUT2D eigenvalue weighted by Crippen LogP contribution is -2.31. The fraction of sp³-hybridized carbons (Fsp3) is 0.636. The van der Waals surface area contributed by atoms with E-state index in [4.69, 9.17) is 9.47 Å². The number of ketones is 1. The van der Waals surface area contributed by atoms with Gasteiger partial charge in [-0.2, -0.15) is 0 Å². The van der Waals surface area contributed by atoms with Crippen molar-refractivity contribution >= 4 is 11.8 Å². The van der Waals surface area contributed by atoms with Gasteiger partial charge in [-0.15, -0.1) is 0 Å². The lowest BCUT2D eigenvalue weighted by atomic mass is 9.73. The van der Waals surface area contributed by atoms with Crippen LogP contribution < -0.4 is 0 Å². The van der Waals surface area contributed by atoms with E-state index < -0.39 is 0 Å². The van der Waals surface area contributed by atoms with Gasteiger partial charge in [-0.25, -0.2) is 4.79 Å². The first-order valence-corrected chi connectivity index (χ1v) is 9.85. The molecule has 4 rings (SSSR count). The van der Waals surface area contributed by atoms with Crippen LogP contribution >= 0.6 is 0 Å². The van der Waals surface area contributed by atoms with Gasteiger partial charge in [0.15, 0.2) is 5.78 Å². The Hall–Kier alpha value is -1.68. The topological polar surface area (TPSA) is 52.6 Å². The van der Waals surface area contributed by atoms with Gasteiger partial charge in [0.2, 0.25) is 0 Å². The smallest absolute Gasteiger partial charge is 0.338 e. The molecule has 0 radical (unpaired) electrons. The number of carbonyl (C=O) groups excluding carboxylic acids is 2. The summed E-state index contributed by atoms with van der Waals surface area (Å²) in [4.78, 5) is 23.7. The molecule has 0 aliphatic heterocycles. The van der Waals surface area contributed by atoms with Crippen molar-refractivity contribution < 1.29 is 19.1 Å². The van der Waals surface area contributed by atoms with Crippen molar-refractivity contribution in [2.24, 2.45) is 35.5 Å². The molecular formula is C22H28O4. The van der Waals surface area contributed by atoms with Crippen molar-refractivity contribution in [2.75, 3.05) is 20.3 Å². The molecule has 140 valence electrons. The normalized spacial score (nSPS) is 34.7. The lowest BCUT2D eigenvalue weighted by molar-refractivity contribution is 0.0324. The molecule has 6 unspecified atom stereocenters. The van der Waals surface area contributed by atoms with Crippen molar-refractivity contribution in [3.05, 3.63) is 35.4 Å². The second-order valence-electron chi connectivity index (χ2n) is 8.42. The number of ether oxygens (including phenoxy) is 2. The van der Waals surface area contributed by atoms with Crippen LogP contribution in [-0.2, 0) is 9.47 Å². The fourth-order valence-electron chi connectivity index (χ4n) is 6.12. The molecule has 0 amide bonds. The second kappa shape index (κ2) is 7.15. The Balaban J connectivity index is 1.33. The van der Waals surface area contributed by atoms with Crippen molar-refractivity contribution in [2.45, 2.75) is 32.6 Å². The van der Waals surface area contributed by atoms with Crippen LogP contribution in [0.5, 0.6) is 0 Å². The predicted molar refractivity (Wildman–Crippen MR) is 98.0 cm³/mol. The zero-order chi connectivity index (χ0) is 18.3. The minimum Gasteiger partial charge on any atom is -0.462 e. The van der Waals surface area contributed by atoms with E-state index in [1.54, 1.807) is 24.3 Å². The highest BCUT2D eigenvalue weighted by atomic mass is 16.5. The number of fused-ring (bicyclic) bond motifs is 5. The first-order valence-electron chi connectivity index (χ1n) is 9.85. The average Bonchev–Trinajstić information content (AvgIpc) is 3.32. The van der Waals surface area contributed by atoms with Crippen LogP contribution in [-0.4, -0.2) is 32.1 Å². The Morgan fingerprint density at radius 1 is 0.962 bits per heavy atom. The molecule has 1 aromatic rings. The molecule has 0 aromatic heterocycles. The van der Waals surface area contributed by atoms with Crippen LogP contribution in [0.25, 0.3) is 0 Å². The minimum atomic E-state index is -0.274. The highest BCUT2D eigenvalue weighted by Crippen LogP contribution is 2.62. The molecule has 3 aliphatic rings. The van der Waals surface area contributed by atoms with Gasteiger partial charge in [0, 0.05) is 19.3 Å². The SMILES string of the molecule is COCC1CC2CC1C1CCC(COC(=O)c3ccc(C(C)=O)cc3)C21. The highest BCUT2D eigenvalue weighted by Gasteiger charge is 2.56. The van der Waals surface area contributed by atoms with E-state index in [9.17, 15) is 9.59 Å². The first kappa shape index (κ1) is 17.7. The summed E-state index contributed by atoms with van der Waals surface area (Å²) in [5.74, 6) is 4.16. The van der Waals surface area contributed by atoms with Crippen molar-refractivity contribution in [1.82, 2.24) is 0 Å². The summed E-state index contributed by atoms with van der Waals surface area (Å²) in [6.07, 6.45) is 5.09. The van der Waals surface area contributed by atoms with Crippen LogP contribution in [0.4, 0.5) is 0 Å². The summed E-state index contributed by atoms with van der Waals surface area (Å²) >= 11 is 0. The Morgan fingerprint density at radius 3 is 2.38 bits per heavy atom. The Kier molecular flexibility index (Phi) is 4.87. The Bertz CT molecular complexity index is 680. The molecule has 2 bridgehead atoms. The van der Waals surface area contributed by atoms with Gasteiger partial charge in [-0.1, -0.05) is 12.1 Å². The van der Waals surface area contributed by atoms with Crippen LogP contribution in [0.1, 0.15) is 53.3 Å². The number of carbonyl (C=O) groups is 2. The summed E-state index contributed by atoms with van der Waals surface area (Å²) in [7, 11) is 1.81. The Labute approximate surface area is 155 Å². The number of rotatable bonds is 6. The number of hydrogen-bond acceptors (Lipinski definition) is 4. The summed E-state index contributed by atoms with van der Waals surface area (Å²) in [5, 5.41) is 0. The van der Waals surface area contributed by atoms with Crippen LogP contribution in [0, 0.1) is 35.5 Å². The number of Topliss-reactive ketones (excluding diaryl/α,β-unsaturated/α-hetero) is 1. The van der Waals surface area contributed by atoms with Crippen LogP contribution in [0.3, 0.4) is 0 Å². The number of benzene rings is 1. The summed E-state index contributed by atoms with van der Waals surface area (Å²) in [6.45, 7) is 2.96. The molecular weight excluding hydrogens is 328 g/mol. The van der Waals surface area contributed by atoms with Gasteiger partial charge in [0.05, 0.1) is 12.2 Å². The Morgan fingerprint density at radius 2 is 1.69 bits per heavy atom. The maximum Gasteiger partial charge on any atom is 0.338 e. The molecule has 0 N–H and O–H groups in total. The van der Waals surface area contributed by atoms with E-state index in [1.807, 2.05) is 7.11 Å². The molecule has 3 fully saturated rings. The number of methoxy groups -OCH3 is 1. The molecule has 3 aliphatic carbocycles. The highest BCUT2D eigenvalue weighted by molar-refractivity contribution is 5.96. The van der Waals surface area contributed by atoms with Gasteiger partial charge < -0.3 is 9.47 Å². The second-order valence-corrected chi connectivity index (χ2v) is 8.42. The standard InChI is InChI=1S/C22H28O4/c1-13(23)14-3-5-15(6-4-14)22(24)26-12-16-7-8-19-20-10-17(21(16)19)9-18(20)11-25-2/h3-6,16-21H,7-12H2,1-2H3. The van der Waals surface area contributed by atoms with E-state index >= 15 is 0 Å². The third kappa shape index (κ3) is 3.09. The lowest BCUT2D eigenvalue weighted by Gasteiger charge is -2.33. The van der Waals surface area contributed by atoms with Crippen LogP contribution in [0.2, 0.25) is 0 Å². The quantitative estimate of drug-likeness (QED) is 0.571. The minimum absolute atomic E-state index is 0.00461. The molecule has 4 nitrogen and oxygen atoms in total. The van der Waals surface area contributed by atoms with Gasteiger partial charge in [-0.3, -0.25) is 4.79 Å². The maximum absolute atomic E-state index is 12.3. The average molecular weight is 356 g/mol. The van der Waals surface area contributed by atoms with E-state index in [0.29, 0.717) is 23.7 Å². The molecule has 26 heavy (non-hydrogen) atoms. The first-order chi connectivity index (χ1) is 12.6. The summed E-state index contributed by atoms with van der Waals surface area (Å²) in [6, 6.07) is 6.75. The molecule has 1 aromatic carbocycles. The third-order valence-electron chi connectivity index (χ3n) is 7.13. The summed E-state index contributed by atoms with van der Waals surface area (Å²) in [5.41, 5.74) is 1.14. The van der Waals surface area contributed by atoms with Crippen molar-refractivity contribution in [1.29, 1.82) is 0 Å². The van der Waals surface area contributed by atoms with E-state index in [0.717, 1.165) is 36.2 Å². The molecule has 6 atom stereocenters. The zero-order valence-corrected chi connectivity index (χ0v) is 15.6. The zero-order valence-electron chi connectivity index (χ0n) is 15.6. The van der Waals surface area contributed by atoms with Gasteiger partial charge >= 0.3 is 5.97 Å². The van der Waals surface area contributed by atoms with Crippen molar-refractivity contribution in [3.63, 3.8) is 0 Å². The third-order valence-corrected chi connectivity index (χ3v) is 7.13. The van der Waals surface area contributed by atoms with Crippen molar-refractivity contribution in [3.8, 4) is 0 Å². The largest absolute Gasteiger partial charge is 0.462 e. The number of esters is 1. The monoisotopic (exact) mass is 356 g/mol. The van der Waals surface area contributed by atoms with Gasteiger partial charge in [0.1, 0.15) is 0 Å². The molecule has 4 heteroatoms. The van der Waals surface area contributed by atoms with E-state index in [-0.39, 0.29) is 11.8 Å². The van der Waals surface area contributed by atoms with E-state index in [1.165, 1.54) is 32.6 Å². The number of hydrogen-bond donors (Lipinski definition) is 0. The molecule has 0 saturated heterocycles. The predicted octanol–water partition coefficient (Wildman–Crippen LogP) is 3.99. The fourth-order valence-corrected chi connectivity index (χ4v) is 6.12. The maximum atomic E-state index is 12.3. The van der Waals surface area contributed by atoms with Gasteiger partial charge in [0.25, 0.3) is 0 Å². The van der Waals surface area contributed by atoms with Gasteiger partial charge in [-0.05, 0) is 80.2 Å². The molecule has 0 spiro atoms. The van der Waals surface area contributed by atoms with Crippen LogP contribution in [0.15, 0.2) is 24.3 Å². The molecule has 3 saturated carbocycles. The van der Waals surface area contributed by atoms with E-state index in [2.05, 4.69) is 0 Å².